The van der Waals surface area contributed by atoms with Crippen molar-refractivity contribution in [1.29, 1.82) is 0 Å². The minimum absolute atomic E-state index is 0.0398. The van der Waals surface area contributed by atoms with Gasteiger partial charge in [-0.1, -0.05) is 45.0 Å². The Morgan fingerprint density at radius 3 is 2.32 bits per heavy atom. The van der Waals surface area contributed by atoms with Crippen molar-refractivity contribution in [3.05, 3.63) is 58.1 Å². The number of anilines is 1. The lowest BCUT2D eigenvalue weighted by Crippen LogP contribution is -2.18. The molecule has 0 spiro atoms. The van der Waals surface area contributed by atoms with Crippen LogP contribution in [0, 0.1) is 6.92 Å². The average Bonchev–Trinajstić information content (AvgIpc) is 2.42. The number of hydrogen-bond acceptors (Lipinski definition) is 2. The van der Waals surface area contributed by atoms with Gasteiger partial charge in [0.25, 0.3) is 0 Å². The summed E-state index contributed by atoms with van der Waals surface area (Å²) < 4.78 is 6.23. The summed E-state index contributed by atoms with van der Waals surface area (Å²) in [4.78, 5) is 12.0. The number of nitrogens with one attached hydrogen (secondary N) is 1. The zero-order chi connectivity index (χ0) is 16.3. The van der Waals surface area contributed by atoms with Crippen LogP contribution < -0.4 is 10.1 Å². The molecule has 4 heteroatoms. The highest BCUT2D eigenvalue weighted by atomic mass is 79.9. The van der Waals surface area contributed by atoms with Crippen LogP contribution in [-0.2, 0) is 5.41 Å². The number of carbonyl (C=O) groups excluding carboxylic acids is 1. The molecule has 1 N–H and O–H groups in total. The van der Waals surface area contributed by atoms with Gasteiger partial charge in [0.1, 0.15) is 5.75 Å². The molecule has 3 nitrogen and oxygen atoms in total. The molecule has 2 rings (SSSR count). The first-order valence-corrected chi connectivity index (χ1v) is 7.91. The summed E-state index contributed by atoms with van der Waals surface area (Å²) in [7, 11) is 0. The van der Waals surface area contributed by atoms with Crippen LogP contribution in [0.2, 0.25) is 0 Å². The number of halogens is 1. The summed E-state index contributed by atoms with van der Waals surface area (Å²) in [6, 6.07) is 13.3. The van der Waals surface area contributed by atoms with E-state index in [0.29, 0.717) is 11.4 Å². The molecule has 0 fully saturated rings. The number of benzene rings is 2. The number of aryl methyl sites for hydroxylation is 1. The fourth-order valence-corrected chi connectivity index (χ4v) is 2.69. The van der Waals surface area contributed by atoms with Gasteiger partial charge in [-0.3, -0.25) is 5.32 Å². The summed E-state index contributed by atoms with van der Waals surface area (Å²) >= 11 is 3.50. The minimum atomic E-state index is -0.501. The van der Waals surface area contributed by atoms with Crippen LogP contribution in [0.1, 0.15) is 31.9 Å². The molecule has 0 aliphatic carbocycles. The van der Waals surface area contributed by atoms with Crippen molar-refractivity contribution < 1.29 is 9.53 Å². The molecule has 0 aliphatic rings. The summed E-state index contributed by atoms with van der Waals surface area (Å²) in [5.41, 5.74) is 2.85. The standard InChI is InChI=1S/C18H20BrNO2/c1-12-10-13(18(2,3)4)11-15(19)16(12)22-17(21)20-14-8-6-5-7-9-14/h5-11H,1-4H3,(H,20,21). The quantitative estimate of drug-likeness (QED) is 0.748. The van der Waals surface area contributed by atoms with Gasteiger partial charge < -0.3 is 4.74 Å². The van der Waals surface area contributed by atoms with Crippen molar-refractivity contribution in [2.45, 2.75) is 33.1 Å². The predicted molar refractivity (Wildman–Crippen MR) is 93.7 cm³/mol. The topological polar surface area (TPSA) is 38.3 Å². The van der Waals surface area contributed by atoms with E-state index in [9.17, 15) is 4.79 Å². The van der Waals surface area contributed by atoms with E-state index in [1.807, 2.05) is 43.3 Å². The number of para-hydroxylation sites is 1. The van der Waals surface area contributed by atoms with Gasteiger partial charge in [0.05, 0.1) is 4.47 Å². The summed E-state index contributed by atoms with van der Waals surface area (Å²) in [5, 5.41) is 2.71. The van der Waals surface area contributed by atoms with Crippen molar-refractivity contribution in [2.75, 3.05) is 5.32 Å². The largest absolute Gasteiger partial charge is 0.417 e. The molecule has 0 atom stereocenters. The molecule has 22 heavy (non-hydrogen) atoms. The molecule has 2 aromatic carbocycles. The van der Waals surface area contributed by atoms with Crippen molar-refractivity contribution >= 4 is 27.7 Å². The summed E-state index contributed by atoms with van der Waals surface area (Å²) in [6.45, 7) is 8.38. The minimum Gasteiger partial charge on any atom is -0.409 e. The third-order valence-electron chi connectivity index (χ3n) is 3.31. The fourth-order valence-electron chi connectivity index (χ4n) is 2.05. The van der Waals surface area contributed by atoms with Gasteiger partial charge in [-0.05, 0) is 57.6 Å². The highest BCUT2D eigenvalue weighted by Crippen LogP contribution is 2.35. The molecule has 0 heterocycles. The second kappa shape index (κ2) is 6.53. The van der Waals surface area contributed by atoms with Crippen LogP contribution in [0.3, 0.4) is 0 Å². The normalized spacial score (nSPS) is 11.1. The van der Waals surface area contributed by atoms with Gasteiger partial charge >= 0.3 is 6.09 Å². The van der Waals surface area contributed by atoms with E-state index in [4.69, 9.17) is 4.74 Å². The van der Waals surface area contributed by atoms with Crippen LogP contribution >= 0.6 is 15.9 Å². The van der Waals surface area contributed by atoms with Crippen molar-refractivity contribution in [3.8, 4) is 5.75 Å². The Balaban J connectivity index is 2.18. The Morgan fingerprint density at radius 2 is 1.77 bits per heavy atom. The molecular weight excluding hydrogens is 342 g/mol. The zero-order valence-corrected chi connectivity index (χ0v) is 14.8. The van der Waals surface area contributed by atoms with Crippen LogP contribution in [0.5, 0.6) is 5.75 Å². The first-order valence-electron chi connectivity index (χ1n) is 7.12. The van der Waals surface area contributed by atoms with E-state index in [2.05, 4.69) is 48.1 Å². The van der Waals surface area contributed by atoms with E-state index in [0.717, 1.165) is 10.0 Å². The van der Waals surface area contributed by atoms with Gasteiger partial charge in [-0.15, -0.1) is 0 Å². The third-order valence-corrected chi connectivity index (χ3v) is 3.90. The molecule has 0 aliphatic heterocycles. The molecular formula is C18H20BrNO2. The second-order valence-corrected chi connectivity index (χ2v) is 7.09. The van der Waals surface area contributed by atoms with E-state index < -0.39 is 6.09 Å². The van der Waals surface area contributed by atoms with E-state index in [1.165, 1.54) is 5.56 Å². The molecule has 0 saturated carbocycles. The lowest BCUT2D eigenvalue weighted by Gasteiger charge is -2.21. The summed E-state index contributed by atoms with van der Waals surface area (Å²) in [6.07, 6.45) is -0.501. The maximum Gasteiger partial charge on any atom is 0.417 e. The fraction of sp³-hybridized carbons (Fsp3) is 0.278. The molecule has 0 bridgehead atoms. The first kappa shape index (κ1) is 16.6. The van der Waals surface area contributed by atoms with Crippen LogP contribution in [0.4, 0.5) is 10.5 Å². The van der Waals surface area contributed by atoms with E-state index in [-0.39, 0.29) is 5.41 Å². The molecule has 0 saturated heterocycles. The number of hydrogen-bond donors (Lipinski definition) is 1. The second-order valence-electron chi connectivity index (χ2n) is 6.23. The zero-order valence-electron chi connectivity index (χ0n) is 13.2. The van der Waals surface area contributed by atoms with Crippen LogP contribution in [0.25, 0.3) is 0 Å². The Kier molecular flexibility index (Phi) is 4.91. The first-order chi connectivity index (χ1) is 10.3. The maximum absolute atomic E-state index is 12.0. The summed E-state index contributed by atoms with van der Waals surface area (Å²) in [5.74, 6) is 0.543. The molecule has 116 valence electrons. The number of rotatable bonds is 2. The van der Waals surface area contributed by atoms with Gasteiger partial charge in [-0.2, -0.15) is 0 Å². The van der Waals surface area contributed by atoms with Gasteiger partial charge in [0, 0.05) is 5.69 Å². The van der Waals surface area contributed by atoms with Crippen molar-refractivity contribution in [3.63, 3.8) is 0 Å². The highest BCUT2D eigenvalue weighted by Gasteiger charge is 2.18. The number of amides is 1. The lowest BCUT2D eigenvalue weighted by atomic mass is 9.86. The Hall–Kier alpha value is -1.81. The van der Waals surface area contributed by atoms with Gasteiger partial charge in [0.2, 0.25) is 0 Å². The van der Waals surface area contributed by atoms with Crippen molar-refractivity contribution in [2.24, 2.45) is 0 Å². The van der Waals surface area contributed by atoms with Crippen LogP contribution in [0.15, 0.2) is 46.9 Å². The molecule has 1 amide bonds. The Bertz CT molecular complexity index is 652. The molecule has 0 aromatic heterocycles. The molecule has 0 unspecified atom stereocenters. The Labute approximate surface area is 139 Å². The monoisotopic (exact) mass is 361 g/mol. The van der Waals surface area contributed by atoms with E-state index >= 15 is 0 Å². The number of carbonyl (C=O) groups is 1. The average molecular weight is 362 g/mol. The van der Waals surface area contributed by atoms with Gasteiger partial charge in [-0.25, -0.2) is 4.79 Å². The van der Waals surface area contributed by atoms with Crippen LogP contribution in [-0.4, -0.2) is 6.09 Å². The highest BCUT2D eigenvalue weighted by molar-refractivity contribution is 9.10. The van der Waals surface area contributed by atoms with Crippen molar-refractivity contribution in [1.82, 2.24) is 0 Å². The molecule has 0 radical (unpaired) electrons. The third kappa shape index (κ3) is 4.10. The Morgan fingerprint density at radius 1 is 1.14 bits per heavy atom. The van der Waals surface area contributed by atoms with E-state index in [1.54, 1.807) is 0 Å². The van der Waals surface area contributed by atoms with Gasteiger partial charge in [0.15, 0.2) is 0 Å². The predicted octanol–water partition coefficient (Wildman–Crippen LogP) is 5.67. The SMILES string of the molecule is Cc1cc(C(C)(C)C)cc(Br)c1OC(=O)Nc1ccccc1. The molecule has 2 aromatic rings. The number of ether oxygens (including phenoxy) is 1. The maximum atomic E-state index is 12.0. The smallest absolute Gasteiger partial charge is 0.409 e. The lowest BCUT2D eigenvalue weighted by molar-refractivity contribution is 0.214.